The normalized spacial score (nSPS) is 21.1. The molecule has 2 saturated heterocycles. The van der Waals surface area contributed by atoms with Gasteiger partial charge in [0.1, 0.15) is 40.9 Å². The van der Waals surface area contributed by atoms with Crippen LogP contribution < -0.4 is 11.5 Å². The second-order valence-electron chi connectivity index (χ2n) is 9.36. The minimum atomic E-state index is -0.776. The van der Waals surface area contributed by atoms with Crippen molar-refractivity contribution in [1.82, 2.24) is 0 Å². The number of rotatable bonds is 8. The van der Waals surface area contributed by atoms with Gasteiger partial charge in [-0.05, 0) is 48.2 Å². The Morgan fingerprint density at radius 3 is 1.53 bits per heavy atom. The summed E-state index contributed by atoms with van der Waals surface area (Å²) in [7, 11) is 0. The Hall–Kier alpha value is -3.56. The van der Waals surface area contributed by atoms with Crippen LogP contribution in [0.2, 0.25) is 0 Å². The summed E-state index contributed by atoms with van der Waals surface area (Å²) >= 11 is 15.2. The zero-order chi connectivity index (χ0) is 33.4. The van der Waals surface area contributed by atoms with Crippen molar-refractivity contribution in [2.45, 2.75) is 25.0 Å². The lowest BCUT2D eigenvalue weighted by Gasteiger charge is -2.09. The third-order valence-corrected chi connectivity index (χ3v) is 6.89. The van der Waals surface area contributed by atoms with Gasteiger partial charge in [-0.3, -0.25) is 9.59 Å². The van der Waals surface area contributed by atoms with Crippen LogP contribution in [0.15, 0.2) is 58.8 Å². The Labute approximate surface area is 272 Å². The Balaban J connectivity index is 0.000000253. The van der Waals surface area contributed by atoms with E-state index in [2.05, 4.69) is 19.9 Å². The standard InChI is InChI=1S/C13H14ClFN2O3.C11H13FN2O2.C4H4Cl2O3/c14-6-12(18)20-17-13(16)9-5-11(19-7-9)8-1-3-10(15)4-2-8;12-9-3-1-7(2-4-9)10-5-8(6-16-10)11(13)14-15;5-1-3(7)9-4(8)2-6/h1-4,9,11H,5-7H2,(H2,16,17);1-4,8,10,15H,5-6H2,(H2,13,14);1-2H2/t9-,11+;8-,10+;/m00./s1. The largest absolute Gasteiger partial charge is 0.409 e. The van der Waals surface area contributed by atoms with Crippen LogP contribution in [-0.2, 0) is 33.4 Å². The zero-order valence-corrected chi connectivity index (χ0v) is 25.9. The number of carbonyl (C=O) groups is 3. The van der Waals surface area contributed by atoms with E-state index in [1.165, 1.54) is 24.3 Å². The summed E-state index contributed by atoms with van der Waals surface area (Å²) in [6, 6.07) is 12.3. The molecule has 0 spiro atoms. The van der Waals surface area contributed by atoms with Gasteiger partial charge in [0.15, 0.2) is 0 Å². The number of esters is 2. The summed E-state index contributed by atoms with van der Waals surface area (Å²) in [5.74, 6) is -3.56. The fraction of sp³-hybridized carbons (Fsp3) is 0.393. The van der Waals surface area contributed by atoms with E-state index in [9.17, 15) is 23.2 Å². The smallest absolute Gasteiger partial charge is 0.349 e. The molecule has 246 valence electrons. The van der Waals surface area contributed by atoms with Gasteiger partial charge in [0, 0.05) is 11.8 Å². The average molecular weight is 696 g/mol. The summed E-state index contributed by atoms with van der Waals surface area (Å²) < 4.78 is 40.7. The number of benzene rings is 2. The predicted octanol–water partition coefficient (Wildman–Crippen LogP) is 4.14. The summed E-state index contributed by atoms with van der Waals surface area (Å²) in [6.45, 7) is 0.799. The summed E-state index contributed by atoms with van der Waals surface area (Å²) in [6.07, 6.45) is 0.977. The maximum atomic E-state index is 12.8. The van der Waals surface area contributed by atoms with Crippen LogP contribution in [0, 0.1) is 23.5 Å². The molecule has 2 heterocycles. The van der Waals surface area contributed by atoms with Gasteiger partial charge >= 0.3 is 17.9 Å². The Morgan fingerprint density at radius 2 is 1.16 bits per heavy atom. The van der Waals surface area contributed by atoms with Gasteiger partial charge in [-0.25, -0.2) is 13.6 Å². The van der Waals surface area contributed by atoms with Crippen molar-refractivity contribution in [3.8, 4) is 0 Å². The van der Waals surface area contributed by atoms with Crippen molar-refractivity contribution < 1.29 is 47.4 Å². The molecular formula is C28H31Cl3F2N4O8. The van der Waals surface area contributed by atoms with E-state index in [-0.39, 0.29) is 65.0 Å². The molecule has 0 saturated carbocycles. The minimum Gasteiger partial charge on any atom is -0.409 e. The van der Waals surface area contributed by atoms with Gasteiger partial charge in [-0.15, -0.1) is 34.8 Å². The molecule has 45 heavy (non-hydrogen) atoms. The molecule has 2 aromatic carbocycles. The molecule has 0 bridgehead atoms. The number of oxime groups is 2. The highest BCUT2D eigenvalue weighted by atomic mass is 35.5. The fourth-order valence-corrected chi connectivity index (χ4v) is 4.11. The van der Waals surface area contributed by atoms with E-state index < -0.39 is 17.9 Å². The van der Waals surface area contributed by atoms with Crippen molar-refractivity contribution in [3.63, 3.8) is 0 Å². The SMILES string of the molecule is N/C(=N\O)[C@@H]1CO[C@@H](c2ccc(F)cc2)C1.N/C(=N\OC(=O)CCl)[C@@H]1CO[C@@H](c2ccc(F)cc2)C1.O=C(CCl)OC(=O)CCl. The van der Waals surface area contributed by atoms with E-state index in [0.29, 0.717) is 26.1 Å². The van der Waals surface area contributed by atoms with E-state index in [4.69, 9.17) is 61.0 Å². The number of nitrogens with two attached hydrogens (primary N) is 2. The van der Waals surface area contributed by atoms with Crippen LogP contribution in [0.4, 0.5) is 8.78 Å². The van der Waals surface area contributed by atoms with Crippen molar-refractivity contribution in [2.75, 3.05) is 30.9 Å². The lowest BCUT2D eigenvalue weighted by molar-refractivity contribution is -0.155. The number of carbonyl (C=O) groups excluding carboxylic acids is 3. The predicted molar refractivity (Wildman–Crippen MR) is 161 cm³/mol. The Morgan fingerprint density at radius 1 is 0.756 bits per heavy atom. The Kier molecular flexibility index (Phi) is 16.5. The van der Waals surface area contributed by atoms with Gasteiger partial charge in [-0.2, -0.15) is 0 Å². The molecule has 2 aliphatic heterocycles. The quantitative estimate of drug-likeness (QED) is 0.0530. The first-order chi connectivity index (χ1) is 21.5. The molecule has 2 aliphatic rings. The molecule has 0 aliphatic carbocycles. The highest BCUT2D eigenvalue weighted by Gasteiger charge is 2.30. The van der Waals surface area contributed by atoms with Crippen molar-refractivity contribution in [2.24, 2.45) is 33.6 Å². The topological polar surface area (TPSA) is 185 Å². The molecule has 0 unspecified atom stereocenters. The number of alkyl halides is 3. The summed E-state index contributed by atoms with van der Waals surface area (Å²) in [4.78, 5) is 35.7. The van der Waals surface area contributed by atoms with Crippen LogP contribution in [0.25, 0.3) is 0 Å². The van der Waals surface area contributed by atoms with Gasteiger partial charge in [0.25, 0.3) is 0 Å². The third-order valence-electron chi connectivity index (χ3n) is 6.24. The first-order valence-electron chi connectivity index (χ1n) is 13.2. The van der Waals surface area contributed by atoms with Gasteiger partial charge in [0.05, 0.1) is 25.4 Å². The lowest BCUT2D eigenvalue weighted by atomic mass is 10.00. The number of halogens is 5. The van der Waals surface area contributed by atoms with E-state index in [1.54, 1.807) is 24.3 Å². The fourth-order valence-electron chi connectivity index (χ4n) is 3.95. The highest BCUT2D eigenvalue weighted by molar-refractivity contribution is 6.29. The second-order valence-corrected chi connectivity index (χ2v) is 10.2. The maximum Gasteiger partial charge on any atom is 0.349 e. The first kappa shape index (κ1) is 37.6. The molecule has 0 amide bonds. The van der Waals surface area contributed by atoms with Crippen LogP contribution in [0.1, 0.15) is 36.2 Å². The molecule has 4 atom stereocenters. The van der Waals surface area contributed by atoms with Crippen molar-refractivity contribution in [1.29, 1.82) is 0 Å². The van der Waals surface area contributed by atoms with Crippen LogP contribution in [0.3, 0.4) is 0 Å². The van der Waals surface area contributed by atoms with Gasteiger partial charge < -0.3 is 35.7 Å². The van der Waals surface area contributed by atoms with Crippen molar-refractivity contribution in [3.05, 3.63) is 71.3 Å². The summed E-state index contributed by atoms with van der Waals surface area (Å²) in [5, 5.41) is 15.1. The van der Waals surface area contributed by atoms with E-state index in [1.807, 2.05) is 0 Å². The average Bonchev–Trinajstić information content (AvgIpc) is 3.75. The molecule has 0 aromatic heterocycles. The van der Waals surface area contributed by atoms with Crippen molar-refractivity contribution >= 4 is 64.4 Å². The first-order valence-corrected chi connectivity index (χ1v) is 14.8. The van der Waals surface area contributed by atoms with E-state index in [0.717, 1.165) is 11.1 Å². The number of amidine groups is 2. The van der Waals surface area contributed by atoms with Crippen LogP contribution in [0.5, 0.6) is 0 Å². The number of hydrogen-bond acceptors (Lipinski definition) is 10. The third kappa shape index (κ3) is 13.1. The number of ether oxygens (including phenoxy) is 3. The Bertz CT molecular complexity index is 1310. The van der Waals surface area contributed by atoms with Crippen LogP contribution >= 0.6 is 34.8 Å². The second kappa shape index (κ2) is 19.7. The van der Waals surface area contributed by atoms with Gasteiger partial charge in [-0.1, -0.05) is 34.6 Å². The molecule has 12 nitrogen and oxygen atoms in total. The molecule has 5 N–H and O–H groups in total. The zero-order valence-electron chi connectivity index (χ0n) is 23.6. The molecule has 17 heteroatoms. The molecular weight excluding hydrogens is 665 g/mol. The van der Waals surface area contributed by atoms with Crippen LogP contribution in [-0.4, -0.2) is 65.6 Å². The molecule has 2 aromatic rings. The monoisotopic (exact) mass is 694 g/mol. The van der Waals surface area contributed by atoms with Gasteiger partial charge in [0.2, 0.25) is 0 Å². The summed E-state index contributed by atoms with van der Waals surface area (Å²) in [5.41, 5.74) is 13.0. The molecule has 4 rings (SSSR count). The number of hydrogen-bond donors (Lipinski definition) is 3. The lowest BCUT2D eigenvalue weighted by Crippen LogP contribution is -2.24. The molecule has 0 radical (unpaired) electrons. The maximum absolute atomic E-state index is 12.8. The number of nitrogens with zero attached hydrogens (tertiary/aromatic N) is 2. The minimum absolute atomic E-state index is 0.0694. The molecule has 2 fully saturated rings. The highest BCUT2D eigenvalue weighted by Crippen LogP contribution is 2.33. The van der Waals surface area contributed by atoms with E-state index >= 15 is 0 Å².